The first-order valence-electron chi connectivity index (χ1n) is 6.54. The predicted molar refractivity (Wildman–Crippen MR) is 77.5 cm³/mol. The molecule has 0 spiro atoms. The second-order valence-electron chi connectivity index (χ2n) is 4.60. The van der Waals surface area contributed by atoms with Crippen molar-refractivity contribution >= 4 is 5.69 Å². The number of hydrogen-bond acceptors (Lipinski definition) is 4. The van der Waals surface area contributed by atoms with Crippen LogP contribution in [0.4, 0.5) is 5.69 Å². The van der Waals surface area contributed by atoms with Crippen molar-refractivity contribution in [3.8, 4) is 0 Å². The SMILES string of the molecule is CC(NCCc1ccncc1)c1ccccc1[N+](=O)[O-]. The Morgan fingerprint density at radius 1 is 1.25 bits per heavy atom. The quantitative estimate of drug-likeness (QED) is 0.648. The van der Waals surface area contributed by atoms with Crippen LogP contribution in [0, 0.1) is 10.1 Å². The standard InChI is InChI=1S/C15H17N3O2/c1-12(14-4-2-3-5-15(14)18(19)20)17-11-8-13-6-9-16-10-7-13/h2-7,9-10,12,17H,8,11H2,1H3. The largest absolute Gasteiger partial charge is 0.310 e. The highest BCUT2D eigenvalue weighted by Crippen LogP contribution is 2.24. The summed E-state index contributed by atoms with van der Waals surface area (Å²) in [5, 5.41) is 14.3. The van der Waals surface area contributed by atoms with Crippen LogP contribution in [0.3, 0.4) is 0 Å². The molecule has 0 aliphatic heterocycles. The van der Waals surface area contributed by atoms with E-state index in [2.05, 4.69) is 10.3 Å². The van der Waals surface area contributed by atoms with Gasteiger partial charge in [0.15, 0.2) is 0 Å². The van der Waals surface area contributed by atoms with Gasteiger partial charge in [0.2, 0.25) is 0 Å². The van der Waals surface area contributed by atoms with Crippen LogP contribution in [0.15, 0.2) is 48.8 Å². The van der Waals surface area contributed by atoms with Crippen molar-refractivity contribution in [2.45, 2.75) is 19.4 Å². The zero-order valence-electron chi connectivity index (χ0n) is 11.3. The third-order valence-corrected chi connectivity index (χ3v) is 3.21. The number of rotatable bonds is 6. The van der Waals surface area contributed by atoms with Crippen molar-refractivity contribution < 1.29 is 4.92 Å². The van der Waals surface area contributed by atoms with E-state index >= 15 is 0 Å². The monoisotopic (exact) mass is 271 g/mol. The van der Waals surface area contributed by atoms with E-state index in [9.17, 15) is 10.1 Å². The average Bonchev–Trinajstić information content (AvgIpc) is 2.48. The molecule has 1 heterocycles. The van der Waals surface area contributed by atoms with E-state index in [1.165, 1.54) is 11.6 Å². The van der Waals surface area contributed by atoms with Gasteiger partial charge in [0.1, 0.15) is 0 Å². The maximum atomic E-state index is 11.0. The second kappa shape index (κ2) is 6.77. The summed E-state index contributed by atoms with van der Waals surface area (Å²) in [6, 6.07) is 10.7. The molecule has 0 saturated heterocycles. The Hall–Kier alpha value is -2.27. The summed E-state index contributed by atoms with van der Waals surface area (Å²) in [6.45, 7) is 2.70. The number of aromatic nitrogens is 1. The zero-order valence-corrected chi connectivity index (χ0v) is 11.3. The topological polar surface area (TPSA) is 68.1 Å². The number of nitrogens with one attached hydrogen (secondary N) is 1. The summed E-state index contributed by atoms with van der Waals surface area (Å²) in [5.41, 5.74) is 2.07. The maximum Gasteiger partial charge on any atom is 0.274 e. The normalized spacial score (nSPS) is 12.1. The van der Waals surface area contributed by atoms with E-state index in [1.54, 1.807) is 24.5 Å². The van der Waals surface area contributed by atoms with Gasteiger partial charge in [-0.1, -0.05) is 18.2 Å². The highest BCUT2D eigenvalue weighted by atomic mass is 16.6. The van der Waals surface area contributed by atoms with Gasteiger partial charge < -0.3 is 5.32 Å². The van der Waals surface area contributed by atoms with E-state index in [-0.39, 0.29) is 16.7 Å². The molecule has 1 N–H and O–H groups in total. The van der Waals surface area contributed by atoms with Gasteiger partial charge >= 0.3 is 0 Å². The third kappa shape index (κ3) is 3.61. The molecular formula is C15H17N3O2. The molecule has 0 aliphatic rings. The highest BCUT2D eigenvalue weighted by Gasteiger charge is 2.17. The minimum Gasteiger partial charge on any atom is -0.310 e. The summed E-state index contributed by atoms with van der Waals surface area (Å²) < 4.78 is 0. The Morgan fingerprint density at radius 3 is 2.65 bits per heavy atom. The molecule has 2 rings (SSSR count). The summed E-state index contributed by atoms with van der Waals surface area (Å²) in [7, 11) is 0. The fourth-order valence-electron chi connectivity index (χ4n) is 2.11. The molecule has 1 unspecified atom stereocenters. The molecule has 0 amide bonds. The molecule has 104 valence electrons. The molecule has 5 nitrogen and oxygen atoms in total. The average molecular weight is 271 g/mol. The van der Waals surface area contributed by atoms with Gasteiger partial charge in [-0.15, -0.1) is 0 Å². The summed E-state index contributed by atoms with van der Waals surface area (Å²) in [6.07, 6.45) is 4.40. The van der Waals surface area contributed by atoms with E-state index in [1.807, 2.05) is 25.1 Å². The number of nitro groups is 1. The minimum atomic E-state index is -0.337. The lowest BCUT2D eigenvalue weighted by Crippen LogP contribution is -2.22. The lowest BCUT2D eigenvalue weighted by molar-refractivity contribution is -0.385. The summed E-state index contributed by atoms with van der Waals surface area (Å²) in [4.78, 5) is 14.6. The molecule has 0 fully saturated rings. The van der Waals surface area contributed by atoms with Crippen molar-refractivity contribution in [1.82, 2.24) is 10.3 Å². The lowest BCUT2D eigenvalue weighted by Gasteiger charge is -2.14. The number of nitro benzene ring substituents is 1. The van der Waals surface area contributed by atoms with Crippen LogP contribution < -0.4 is 5.32 Å². The van der Waals surface area contributed by atoms with Crippen LogP contribution in [-0.4, -0.2) is 16.5 Å². The fraction of sp³-hybridized carbons (Fsp3) is 0.267. The molecule has 5 heteroatoms. The smallest absolute Gasteiger partial charge is 0.274 e. The predicted octanol–water partition coefficient (Wildman–Crippen LogP) is 2.88. The molecule has 1 aromatic heterocycles. The fourth-order valence-corrected chi connectivity index (χ4v) is 2.11. The Bertz CT molecular complexity index is 572. The van der Waals surface area contributed by atoms with Gasteiger partial charge in [-0.3, -0.25) is 15.1 Å². The molecular weight excluding hydrogens is 254 g/mol. The Labute approximate surface area is 117 Å². The van der Waals surface area contributed by atoms with E-state index in [4.69, 9.17) is 0 Å². The molecule has 2 aromatic rings. The zero-order chi connectivity index (χ0) is 14.4. The second-order valence-corrected chi connectivity index (χ2v) is 4.60. The molecule has 0 aliphatic carbocycles. The molecule has 1 aromatic carbocycles. The molecule has 1 atom stereocenters. The van der Waals surface area contributed by atoms with Crippen LogP contribution in [0.2, 0.25) is 0 Å². The van der Waals surface area contributed by atoms with Gasteiger partial charge in [-0.05, 0) is 37.6 Å². The van der Waals surface area contributed by atoms with Crippen molar-refractivity contribution in [3.63, 3.8) is 0 Å². The van der Waals surface area contributed by atoms with Crippen molar-refractivity contribution in [1.29, 1.82) is 0 Å². The number of hydrogen-bond donors (Lipinski definition) is 1. The Balaban J connectivity index is 1.95. The third-order valence-electron chi connectivity index (χ3n) is 3.21. The van der Waals surface area contributed by atoms with Crippen molar-refractivity contribution in [2.24, 2.45) is 0 Å². The molecule has 0 radical (unpaired) electrons. The van der Waals surface area contributed by atoms with E-state index in [0.717, 1.165) is 13.0 Å². The lowest BCUT2D eigenvalue weighted by atomic mass is 10.1. The minimum absolute atomic E-state index is 0.0570. The van der Waals surface area contributed by atoms with Crippen molar-refractivity contribution in [3.05, 3.63) is 70.0 Å². The Morgan fingerprint density at radius 2 is 1.95 bits per heavy atom. The molecule has 0 saturated carbocycles. The van der Waals surface area contributed by atoms with Crippen LogP contribution in [-0.2, 0) is 6.42 Å². The van der Waals surface area contributed by atoms with Gasteiger partial charge in [-0.25, -0.2) is 0 Å². The van der Waals surface area contributed by atoms with Crippen molar-refractivity contribution in [2.75, 3.05) is 6.54 Å². The van der Waals surface area contributed by atoms with Crippen LogP contribution in [0.5, 0.6) is 0 Å². The number of para-hydroxylation sites is 1. The first-order chi connectivity index (χ1) is 9.68. The number of pyridine rings is 1. The summed E-state index contributed by atoms with van der Waals surface area (Å²) in [5.74, 6) is 0. The van der Waals surface area contributed by atoms with Gasteiger partial charge in [0, 0.05) is 30.1 Å². The number of nitrogens with zero attached hydrogens (tertiary/aromatic N) is 2. The Kier molecular flexibility index (Phi) is 4.79. The van der Waals surface area contributed by atoms with Crippen LogP contribution in [0.25, 0.3) is 0 Å². The maximum absolute atomic E-state index is 11.0. The van der Waals surface area contributed by atoms with Gasteiger partial charge in [0.25, 0.3) is 5.69 Å². The van der Waals surface area contributed by atoms with E-state index < -0.39 is 0 Å². The number of benzene rings is 1. The molecule has 0 bridgehead atoms. The van der Waals surface area contributed by atoms with E-state index in [0.29, 0.717) is 5.56 Å². The molecule has 20 heavy (non-hydrogen) atoms. The first-order valence-corrected chi connectivity index (χ1v) is 6.54. The van der Waals surface area contributed by atoms with Gasteiger partial charge in [-0.2, -0.15) is 0 Å². The summed E-state index contributed by atoms with van der Waals surface area (Å²) >= 11 is 0. The van der Waals surface area contributed by atoms with Crippen LogP contribution >= 0.6 is 0 Å². The van der Waals surface area contributed by atoms with Gasteiger partial charge in [0.05, 0.1) is 4.92 Å². The highest BCUT2D eigenvalue weighted by molar-refractivity contribution is 5.41. The first kappa shape index (κ1) is 14.1. The van der Waals surface area contributed by atoms with Crippen LogP contribution in [0.1, 0.15) is 24.1 Å².